The number of nitrogens with zero attached hydrogens (tertiary/aromatic N) is 1. The highest BCUT2D eigenvalue weighted by atomic mass is 16.2. The fourth-order valence-electron chi connectivity index (χ4n) is 1.91. The fraction of sp³-hybridized carbons (Fsp3) is 0.385. The Morgan fingerprint density at radius 2 is 2.41 bits per heavy atom. The summed E-state index contributed by atoms with van der Waals surface area (Å²) in [4.78, 5) is 15.7. The highest BCUT2D eigenvalue weighted by Crippen LogP contribution is 2.21. The molecule has 1 amide bonds. The maximum atomic E-state index is 11.8. The molecule has 1 aliphatic rings. The summed E-state index contributed by atoms with van der Waals surface area (Å²) in [6.45, 7) is 2.16. The highest BCUT2D eigenvalue weighted by Gasteiger charge is 2.13. The number of amides is 1. The molecule has 1 heterocycles. The van der Waals surface area contributed by atoms with Gasteiger partial charge in [-0.1, -0.05) is 13.0 Å². The van der Waals surface area contributed by atoms with Crippen molar-refractivity contribution in [3.63, 3.8) is 0 Å². The molecule has 0 saturated carbocycles. The molecular weight excluding hydrogens is 214 g/mol. The molecule has 0 bridgehead atoms. The molecule has 2 rings (SSSR count). The molecule has 0 unspecified atom stereocenters. The summed E-state index contributed by atoms with van der Waals surface area (Å²) in [5, 5.41) is 0. The third kappa shape index (κ3) is 3.06. The van der Waals surface area contributed by atoms with Crippen molar-refractivity contribution in [3.8, 4) is 0 Å². The molecule has 1 aliphatic carbocycles. The third-order valence-electron chi connectivity index (χ3n) is 2.98. The zero-order valence-corrected chi connectivity index (χ0v) is 9.94. The Morgan fingerprint density at radius 1 is 1.53 bits per heavy atom. The van der Waals surface area contributed by atoms with Crippen LogP contribution in [0.15, 0.2) is 36.3 Å². The van der Waals surface area contributed by atoms with Crippen LogP contribution >= 0.6 is 0 Å². The molecule has 0 aliphatic heterocycles. The van der Waals surface area contributed by atoms with Gasteiger partial charge in [0.05, 0.1) is 5.56 Å². The first kappa shape index (κ1) is 11.6. The topological polar surface area (TPSA) is 54.0 Å². The Morgan fingerprint density at radius 3 is 3.12 bits per heavy atom. The van der Waals surface area contributed by atoms with E-state index in [1.807, 2.05) is 0 Å². The minimum absolute atomic E-state index is 0.156. The number of aromatic nitrogens is 1. The first-order chi connectivity index (χ1) is 8.27. The van der Waals surface area contributed by atoms with Crippen LogP contribution in [-0.4, -0.2) is 10.9 Å². The van der Waals surface area contributed by atoms with Gasteiger partial charge in [-0.25, -0.2) is 0 Å². The van der Waals surface area contributed by atoms with Crippen LogP contribution < -0.4 is 10.9 Å². The van der Waals surface area contributed by atoms with Gasteiger partial charge in [0.2, 0.25) is 0 Å². The molecular formula is C13H17N3O. The fourth-order valence-corrected chi connectivity index (χ4v) is 1.91. The van der Waals surface area contributed by atoms with Crippen LogP contribution in [0.2, 0.25) is 0 Å². The van der Waals surface area contributed by atoms with Gasteiger partial charge in [-0.3, -0.25) is 15.2 Å². The van der Waals surface area contributed by atoms with Crippen molar-refractivity contribution in [1.82, 2.24) is 15.8 Å². The molecule has 90 valence electrons. The van der Waals surface area contributed by atoms with Crippen molar-refractivity contribution < 1.29 is 4.79 Å². The molecule has 4 heteroatoms. The second kappa shape index (κ2) is 5.48. The van der Waals surface area contributed by atoms with Gasteiger partial charge in [0.25, 0.3) is 5.91 Å². The van der Waals surface area contributed by atoms with Gasteiger partial charge in [0.1, 0.15) is 0 Å². The van der Waals surface area contributed by atoms with E-state index in [1.165, 1.54) is 12.8 Å². The summed E-state index contributed by atoms with van der Waals surface area (Å²) < 4.78 is 0. The molecule has 1 atom stereocenters. The molecule has 1 aromatic heterocycles. The number of pyridine rings is 1. The summed E-state index contributed by atoms with van der Waals surface area (Å²) in [5.74, 6) is 0.328. The minimum Gasteiger partial charge on any atom is -0.303 e. The number of hydrazine groups is 1. The number of hydrogen-bond donors (Lipinski definition) is 2. The van der Waals surface area contributed by atoms with Gasteiger partial charge in [-0.2, -0.15) is 0 Å². The summed E-state index contributed by atoms with van der Waals surface area (Å²) in [6, 6.07) is 3.49. The van der Waals surface area contributed by atoms with Crippen molar-refractivity contribution in [3.05, 3.63) is 41.9 Å². The molecule has 4 nitrogen and oxygen atoms in total. The number of nitrogens with one attached hydrogen (secondary N) is 2. The van der Waals surface area contributed by atoms with E-state index in [0.29, 0.717) is 11.5 Å². The molecule has 0 aromatic carbocycles. The maximum Gasteiger partial charge on any atom is 0.271 e. The third-order valence-corrected chi connectivity index (χ3v) is 2.98. The van der Waals surface area contributed by atoms with E-state index in [0.717, 1.165) is 12.1 Å². The molecule has 0 saturated heterocycles. The van der Waals surface area contributed by atoms with Gasteiger partial charge in [-0.15, -0.1) is 0 Å². The largest absolute Gasteiger partial charge is 0.303 e. The average molecular weight is 231 g/mol. The van der Waals surface area contributed by atoms with Crippen LogP contribution in [0.4, 0.5) is 0 Å². The van der Waals surface area contributed by atoms with Crippen LogP contribution in [0.3, 0.4) is 0 Å². The number of hydrogen-bond acceptors (Lipinski definition) is 3. The Hall–Kier alpha value is -1.84. The van der Waals surface area contributed by atoms with E-state index in [9.17, 15) is 4.79 Å². The van der Waals surface area contributed by atoms with Crippen LogP contribution in [0, 0.1) is 5.92 Å². The van der Waals surface area contributed by atoms with Gasteiger partial charge >= 0.3 is 0 Å². The van der Waals surface area contributed by atoms with Gasteiger partial charge in [0.15, 0.2) is 0 Å². The van der Waals surface area contributed by atoms with Gasteiger partial charge < -0.3 is 5.43 Å². The van der Waals surface area contributed by atoms with Crippen molar-refractivity contribution >= 4 is 5.91 Å². The summed E-state index contributed by atoms with van der Waals surface area (Å²) in [7, 11) is 0. The summed E-state index contributed by atoms with van der Waals surface area (Å²) in [5.41, 5.74) is 7.37. The smallest absolute Gasteiger partial charge is 0.271 e. The normalized spacial score (nSPS) is 19.4. The van der Waals surface area contributed by atoms with Crippen molar-refractivity contribution in [2.75, 3.05) is 0 Å². The summed E-state index contributed by atoms with van der Waals surface area (Å²) >= 11 is 0. The lowest BCUT2D eigenvalue weighted by atomic mass is 9.94. The predicted molar refractivity (Wildman–Crippen MR) is 65.9 cm³/mol. The number of allylic oxidation sites excluding steroid dienone is 2. The lowest BCUT2D eigenvalue weighted by Crippen LogP contribution is -2.39. The monoisotopic (exact) mass is 231 g/mol. The first-order valence-electron chi connectivity index (χ1n) is 5.94. The maximum absolute atomic E-state index is 11.8. The molecule has 0 fully saturated rings. The zero-order valence-electron chi connectivity index (χ0n) is 9.94. The molecule has 17 heavy (non-hydrogen) atoms. The summed E-state index contributed by atoms with van der Waals surface area (Å²) in [6.07, 6.45) is 8.82. The lowest BCUT2D eigenvalue weighted by Gasteiger charge is -2.22. The van der Waals surface area contributed by atoms with E-state index < -0.39 is 0 Å². The Labute approximate surface area is 101 Å². The van der Waals surface area contributed by atoms with Crippen molar-refractivity contribution in [2.45, 2.75) is 26.2 Å². The second-order valence-electron chi connectivity index (χ2n) is 4.31. The number of carbonyl (C=O) groups excluding carboxylic acids is 1. The molecule has 0 radical (unpaired) electrons. The van der Waals surface area contributed by atoms with Crippen molar-refractivity contribution in [1.29, 1.82) is 0 Å². The van der Waals surface area contributed by atoms with E-state index in [1.54, 1.807) is 24.5 Å². The number of carbonyl (C=O) groups is 1. The molecule has 1 aromatic rings. The second-order valence-corrected chi connectivity index (χ2v) is 4.31. The van der Waals surface area contributed by atoms with E-state index >= 15 is 0 Å². The standard InChI is InChI=1S/C13H17N3O/c1-10-5-2-3-7-12(10)15-16-13(17)11-6-4-8-14-9-11/h4,6-10,15H,2-3,5H2,1H3,(H,16,17)/t10-/m1/s1. The van der Waals surface area contributed by atoms with Gasteiger partial charge in [-0.05, 0) is 37.3 Å². The van der Waals surface area contributed by atoms with E-state index in [-0.39, 0.29) is 5.91 Å². The molecule has 2 N–H and O–H groups in total. The quantitative estimate of drug-likeness (QED) is 0.782. The predicted octanol–water partition coefficient (Wildman–Crippen LogP) is 2.02. The van der Waals surface area contributed by atoms with Crippen LogP contribution in [0.5, 0.6) is 0 Å². The first-order valence-corrected chi connectivity index (χ1v) is 5.94. The lowest BCUT2D eigenvalue weighted by molar-refractivity contribution is 0.0936. The zero-order chi connectivity index (χ0) is 12.1. The van der Waals surface area contributed by atoms with Gasteiger partial charge in [0, 0.05) is 18.1 Å². The van der Waals surface area contributed by atoms with Crippen LogP contribution in [-0.2, 0) is 0 Å². The van der Waals surface area contributed by atoms with E-state index in [4.69, 9.17) is 0 Å². The highest BCUT2D eigenvalue weighted by molar-refractivity contribution is 5.93. The average Bonchev–Trinajstić information content (AvgIpc) is 2.38. The Balaban J connectivity index is 1.90. The van der Waals surface area contributed by atoms with Crippen molar-refractivity contribution in [2.24, 2.45) is 5.92 Å². The van der Waals surface area contributed by atoms with E-state index in [2.05, 4.69) is 28.8 Å². The van der Waals surface area contributed by atoms with Crippen LogP contribution in [0.1, 0.15) is 36.5 Å². The SMILES string of the molecule is C[C@@H]1CCCC=C1NNC(=O)c1cccnc1. The minimum atomic E-state index is -0.156. The van der Waals surface area contributed by atoms with Crippen LogP contribution in [0.25, 0.3) is 0 Å². The molecule has 0 spiro atoms. The Bertz CT molecular complexity index is 414. The Kier molecular flexibility index (Phi) is 3.75. The number of rotatable bonds is 3.